The molecule has 1 aliphatic carbocycles. The van der Waals surface area contributed by atoms with E-state index in [1.807, 2.05) is 4.90 Å². The van der Waals surface area contributed by atoms with Gasteiger partial charge in [-0.25, -0.2) is 9.97 Å². The highest BCUT2D eigenvalue weighted by atomic mass is 19.4. The Bertz CT molecular complexity index is 533. The van der Waals surface area contributed by atoms with Crippen molar-refractivity contribution in [1.82, 2.24) is 14.9 Å². The summed E-state index contributed by atoms with van der Waals surface area (Å²) in [6, 6.07) is 0.196. The first-order chi connectivity index (χ1) is 9.90. The molecule has 1 aromatic heterocycles. The molecular formula is C13H15F3N4O. The quantitative estimate of drug-likeness (QED) is 0.795. The third-order valence-electron chi connectivity index (χ3n) is 4.41. The summed E-state index contributed by atoms with van der Waals surface area (Å²) in [5.41, 5.74) is -0.998. The van der Waals surface area contributed by atoms with Gasteiger partial charge in [-0.15, -0.1) is 0 Å². The Balaban J connectivity index is 1.77. The fraction of sp³-hybridized carbons (Fsp3) is 0.615. The minimum Gasteiger partial charge on any atom is -0.353 e. The molecule has 1 amide bonds. The predicted octanol–water partition coefficient (Wildman–Crippen LogP) is 1.55. The van der Waals surface area contributed by atoms with Crippen LogP contribution in [0.15, 0.2) is 12.4 Å². The highest BCUT2D eigenvalue weighted by Crippen LogP contribution is 2.40. The smallest absolute Gasteiger partial charge is 0.353 e. The van der Waals surface area contributed by atoms with Crippen LogP contribution in [0.4, 0.5) is 19.0 Å². The lowest BCUT2D eigenvalue weighted by molar-refractivity contribution is -0.141. The monoisotopic (exact) mass is 300 g/mol. The number of rotatable bonds is 3. The number of hydrogen-bond acceptors (Lipinski definition) is 4. The number of piperidine rings is 1. The molecule has 3 atom stereocenters. The van der Waals surface area contributed by atoms with Gasteiger partial charge in [0.15, 0.2) is 5.69 Å². The molecule has 0 N–H and O–H groups in total. The van der Waals surface area contributed by atoms with E-state index in [2.05, 4.69) is 9.97 Å². The zero-order valence-corrected chi connectivity index (χ0v) is 11.4. The van der Waals surface area contributed by atoms with Crippen molar-refractivity contribution < 1.29 is 18.0 Å². The van der Waals surface area contributed by atoms with Crippen molar-refractivity contribution in [3.05, 3.63) is 18.1 Å². The fourth-order valence-corrected chi connectivity index (χ4v) is 3.39. The minimum absolute atomic E-state index is 0.0833. The van der Waals surface area contributed by atoms with Crippen molar-refractivity contribution in [3.8, 4) is 0 Å². The van der Waals surface area contributed by atoms with Crippen LogP contribution in [0, 0.1) is 5.92 Å². The zero-order chi connectivity index (χ0) is 15.2. The third kappa shape index (κ3) is 2.43. The van der Waals surface area contributed by atoms with Gasteiger partial charge in [0.25, 0.3) is 0 Å². The van der Waals surface area contributed by atoms with Crippen LogP contribution in [-0.2, 0) is 11.0 Å². The molecule has 1 aromatic rings. The molecule has 5 nitrogen and oxygen atoms in total. The Morgan fingerprint density at radius 1 is 1.33 bits per heavy atom. The molecule has 1 saturated carbocycles. The number of amides is 1. The van der Waals surface area contributed by atoms with E-state index in [-0.39, 0.29) is 12.1 Å². The van der Waals surface area contributed by atoms with Crippen LogP contribution in [0.5, 0.6) is 0 Å². The first-order valence-electron chi connectivity index (χ1n) is 6.73. The van der Waals surface area contributed by atoms with E-state index >= 15 is 0 Å². The van der Waals surface area contributed by atoms with Crippen molar-refractivity contribution in [2.45, 2.75) is 31.1 Å². The molecule has 1 saturated heterocycles. The van der Waals surface area contributed by atoms with E-state index in [1.165, 1.54) is 0 Å². The molecule has 2 bridgehead atoms. The Morgan fingerprint density at radius 2 is 2.10 bits per heavy atom. The molecule has 1 aliphatic heterocycles. The number of anilines is 1. The molecule has 2 heterocycles. The largest absolute Gasteiger partial charge is 0.434 e. The number of carbonyl (C=O) groups excluding carboxylic acids is 1. The Labute approximate surface area is 119 Å². The van der Waals surface area contributed by atoms with Gasteiger partial charge < -0.3 is 9.80 Å². The van der Waals surface area contributed by atoms with E-state index in [0.29, 0.717) is 11.7 Å². The van der Waals surface area contributed by atoms with Crippen LogP contribution in [0.3, 0.4) is 0 Å². The van der Waals surface area contributed by atoms with Gasteiger partial charge in [-0.1, -0.05) is 0 Å². The maximum Gasteiger partial charge on any atom is 0.434 e. The van der Waals surface area contributed by atoms with Crippen molar-refractivity contribution in [3.63, 3.8) is 0 Å². The lowest BCUT2D eigenvalue weighted by Gasteiger charge is -2.36. The Morgan fingerprint density at radius 3 is 2.62 bits per heavy atom. The summed E-state index contributed by atoms with van der Waals surface area (Å²) in [5, 5.41) is 0. The Kier molecular flexibility index (Phi) is 3.26. The molecule has 0 spiro atoms. The maximum atomic E-state index is 12.5. The highest BCUT2D eigenvalue weighted by Gasteiger charge is 2.46. The lowest BCUT2D eigenvalue weighted by atomic mass is 10.1. The fourth-order valence-electron chi connectivity index (χ4n) is 3.39. The van der Waals surface area contributed by atoms with Crippen molar-refractivity contribution >= 4 is 12.2 Å². The number of fused-ring (bicyclic) bond motifs is 2. The highest BCUT2D eigenvalue weighted by molar-refractivity contribution is 5.51. The van der Waals surface area contributed by atoms with Gasteiger partial charge in [-0.3, -0.25) is 4.79 Å². The molecule has 0 unspecified atom stereocenters. The topological polar surface area (TPSA) is 49.3 Å². The normalized spacial score (nSPS) is 28.0. The number of alkyl halides is 3. The predicted molar refractivity (Wildman–Crippen MR) is 68.5 cm³/mol. The van der Waals surface area contributed by atoms with E-state index in [9.17, 15) is 18.0 Å². The summed E-state index contributed by atoms with van der Waals surface area (Å²) < 4.78 is 37.4. The number of carbonyl (C=O) groups is 1. The number of likely N-dealkylation sites (tertiary alicyclic amines) is 1. The van der Waals surface area contributed by atoms with Crippen LogP contribution in [0.1, 0.15) is 18.5 Å². The second-order valence-electron chi connectivity index (χ2n) is 5.64. The summed E-state index contributed by atoms with van der Waals surface area (Å²) in [6.45, 7) is 0.775. The van der Waals surface area contributed by atoms with E-state index in [4.69, 9.17) is 0 Å². The zero-order valence-electron chi connectivity index (χ0n) is 11.4. The summed E-state index contributed by atoms with van der Waals surface area (Å²) in [6.07, 6.45) is 0.126. The van der Waals surface area contributed by atoms with Crippen LogP contribution in [0.25, 0.3) is 0 Å². The minimum atomic E-state index is -4.48. The van der Waals surface area contributed by atoms with E-state index in [1.54, 1.807) is 11.9 Å². The number of hydrogen-bond donors (Lipinski definition) is 0. The van der Waals surface area contributed by atoms with Gasteiger partial charge in [0.2, 0.25) is 6.41 Å². The second kappa shape index (κ2) is 4.85. The van der Waals surface area contributed by atoms with Gasteiger partial charge in [-0.05, 0) is 18.8 Å². The standard InChI is InChI=1S/C13H15F3N4O/c1-19(9-2-8-3-10(9)20(6-8)7-21)12-5-17-11(4-18-12)13(14,15)16/h4-5,7-10H,2-3,6H2,1H3/t8-,9+,10-/m0/s1. The van der Waals surface area contributed by atoms with E-state index in [0.717, 1.165) is 38.2 Å². The number of likely N-dealkylation sites (N-methyl/N-ethyl adjacent to an activating group) is 1. The van der Waals surface area contributed by atoms with Gasteiger partial charge in [0, 0.05) is 13.6 Å². The van der Waals surface area contributed by atoms with Crippen molar-refractivity contribution in [2.24, 2.45) is 5.92 Å². The number of halogens is 3. The van der Waals surface area contributed by atoms with Gasteiger partial charge in [0.05, 0.1) is 24.5 Å². The summed E-state index contributed by atoms with van der Waals surface area (Å²) in [7, 11) is 1.78. The average Bonchev–Trinajstić information content (AvgIpc) is 3.05. The molecule has 8 heteroatoms. The van der Waals surface area contributed by atoms with Crippen LogP contribution in [-0.4, -0.2) is 47.0 Å². The van der Waals surface area contributed by atoms with Crippen LogP contribution in [0.2, 0.25) is 0 Å². The molecule has 0 radical (unpaired) electrons. The van der Waals surface area contributed by atoms with E-state index < -0.39 is 11.9 Å². The molecule has 2 fully saturated rings. The molecular weight excluding hydrogens is 285 g/mol. The lowest BCUT2D eigenvalue weighted by Crippen LogP contribution is -2.48. The molecule has 3 rings (SSSR count). The van der Waals surface area contributed by atoms with Crippen LogP contribution < -0.4 is 4.90 Å². The van der Waals surface area contributed by atoms with Crippen molar-refractivity contribution in [2.75, 3.05) is 18.5 Å². The summed E-state index contributed by atoms with van der Waals surface area (Å²) in [5.74, 6) is 0.862. The molecule has 21 heavy (non-hydrogen) atoms. The van der Waals surface area contributed by atoms with Crippen molar-refractivity contribution in [1.29, 1.82) is 0 Å². The number of nitrogens with zero attached hydrogens (tertiary/aromatic N) is 4. The van der Waals surface area contributed by atoms with Gasteiger partial charge >= 0.3 is 6.18 Å². The molecule has 2 aliphatic rings. The Hall–Kier alpha value is -1.86. The summed E-state index contributed by atoms with van der Waals surface area (Å²) >= 11 is 0. The van der Waals surface area contributed by atoms with Gasteiger partial charge in [0.1, 0.15) is 5.82 Å². The first-order valence-corrected chi connectivity index (χ1v) is 6.73. The van der Waals surface area contributed by atoms with Crippen LogP contribution >= 0.6 is 0 Å². The summed E-state index contributed by atoms with van der Waals surface area (Å²) in [4.78, 5) is 21.9. The third-order valence-corrected chi connectivity index (χ3v) is 4.41. The SMILES string of the molecule is CN(c1cnc(C(F)(F)F)cn1)[C@@H]1C[C@H]2C[C@@H]1N(C=O)C2. The maximum absolute atomic E-state index is 12.5. The number of aromatic nitrogens is 2. The average molecular weight is 300 g/mol. The first kappa shape index (κ1) is 14.1. The second-order valence-corrected chi connectivity index (χ2v) is 5.64. The molecule has 114 valence electrons. The molecule has 0 aromatic carbocycles. The van der Waals surface area contributed by atoms with Gasteiger partial charge in [-0.2, -0.15) is 13.2 Å².